The molecule has 32 heavy (non-hydrogen) atoms. The van der Waals surface area contributed by atoms with E-state index >= 15 is 0 Å². The van der Waals surface area contributed by atoms with E-state index in [1.165, 1.54) is 29.2 Å². The van der Waals surface area contributed by atoms with Crippen molar-refractivity contribution >= 4 is 40.4 Å². The number of likely N-dealkylation sites (N-methyl/N-ethyl adjacent to an activating group) is 1. The number of hydrogen-bond donors (Lipinski definition) is 0. The molecule has 1 saturated heterocycles. The topological polar surface area (TPSA) is 87.0 Å². The van der Waals surface area contributed by atoms with Crippen molar-refractivity contribution in [3.63, 3.8) is 0 Å². The molecule has 0 aliphatic carbocycles. The lowest BCUT2D eigenvalue weighted by molar-refractivity contribution is -0.384. The zero-order valence-electron chi connectivity index (χ0n) is 17.9. The maximum absolute atomic E-state index is 13.6. The highest BCUT2D eigenvalue weighted by Crippen LogP contribution is 2.37. The van der Waals surface area contributed by atoms with Crippen LogP contribution in [0, 0.1) is 17.0 Å². The van der Waals surface area contributed by atoms with E-state index in [2.05, 4.69) is 11.8 Å². The molecule has 9 heteroatoms. The van der Waals surface area contributed by atoms with E-state index in [0.29, 0.717) is 35.1 Å². The van der Waals surface area contributed by atoms with Crippen molar-refractivity contribution in [2.45, 2.75) is 13.8 Å². The molecule has 0 spiro atoms. The van der Waals surface area contributed by atoms with Crippen molar-refractivity contribution < 1.29 is 14.5 Å². The smallest absolute Gasteiger partial charge is 0.282 e. The Bertz CT molecular complexity index is 1120. The minimum atomic E-state index is -0.494. The number of aryl methyl sites for hydroxylation is 1. The SMILES string of the molecule is CCN1CCN(C2=C(c3ccc([N+](=O)[O-])cc3)C(=O)N(c3cc(Cl)ccc3C)C2=O)CC1. The summed E-state index contributed by atoms with van der Waals surface area (Å²) in [6, 6.07) is 10.8. The first-order chi connectivity index (χ1) is 15.3. The standard InChI is InChI=1S/C23H23ClN4O4/c1-3-25-10-12-26(13-11-25)21-20(16-5-8-18(9-6-16)28(31)32)22(29)27(23(21)30)19-14-17(24)7-4-15(19)2/h4-9,14H,3,10-13H2,1-2H3. The van der Waals surface area contributed by atoms with Crippen LogP contribution in [-0.4, -0.2) is 59.3 Å². The quantitative estimate of drug-likeness (QED) is 0.390. The van der Waals surface area contributed by atoms with Crippen molar-refractivity contribution in [3.05, 3.63) is 74.4 Å². The first-order valence-corrected chi connectivity index (χ1v) is 10.8. The van der Waals surface area contributed by atoms with Gasteiger partial charge in [0.1, 0.15) is 5.70 Å². The van der Waals surface area contributed by atoms with Crippen LogP contribution in [0.15, 0.2) is 48.2 Å². The number of halogens is 1. The van der Waals surface area contributed by atoms with Gasteiger partial charge in [0, 0.05) is 43.3 Å². The summed E-state index contributed by atoms with van der Waals surface area (Å²) in [6.45, 7) is 7.61. The van der Waals surface area contributed by atoms with Crippen molar-refractivity contribution in [2.75, 3.05) is 37.6 Å². The van der Waals surface area contributed by atoms with Gasteiger partial charge >= 0.3 is 0 Å². The Balaban J connectivity index is 1.81. The predicted octanol–water partition coefficient (Wildman–Crippen LogP) is 3.48. The fraction of sp³-hybridized carbons (Fsp3) is 0.304. The minimum Gasteiger partial charge on any atom is -0.364 e. The average molecular weight is 455 g/mol. The summed E-state index contributed by atoms with van der Waals surface area (Å²) in [7, 11) is 0. The molecule has 4 rings (SSSR count). The number of nitro benzene ring substituents is 1. The maximum atomic E-state index is 13.6. The Kier molecular flexibility index (Phi) is 5.99. The molecule has 0 aromatic heterocycles. The van der Waals surface area contributed by atoms with Gasteiger partial charge in [0.2, 0.25) is 0 Å². The van der Waals surface area contributed by atoms with Gasteiger partial charge in [0.25, 0.3) is 17.5 Å². The summed E-state index contributed by atoms with van der Waals surface area (Å²) in [5, 5.41) is 11.5. The summed E-state index contributed by atoms with van der Waals surface area (Å²) < 4.78 is 0. The molecule has 8 nitrogen and oxygen atoms in total. The Morgan fingerprint density at radius 1 is 1.00 bits per heavy atom. The van der Waals surface area contributed by atoms with Gasteiger partial charge in [-0.2, -0.15) is 0 Å². The number of hydrogen-bond acceptors (Lipinski definition) is 6. The average Bonchev–Trinajstić information content (AvgIpc) is 3.05. The molecule has 2 aliphatic rings. The van der Waals surface area contributed by atoms with Crippen LogP contribution in [0.4, 0.5) is 11.4 Å². The second kappa shape index (κ2) is 8.72. The van der Waals surface area contributed by atoms with Gasteiger partial charge in [-0.1, -0.05) is 24.6 Å². The van der Waals surface area contributed by atoms with Gasteiger partial charge in [-0.15, -0.1) is 0 Å². The molecule has 0 unspecified atom stereocenters. The van der Waals surface area contributed by atoms with Gasteiger partial charge in [-0.3, -0.25) is 19.7 Å². The zero-order valence-corrected chi connectivity index (χ0v) is 18.6. The molecule has 2 aromatic rings. The van der Waals surface area contributed by atoms with Crippen molar-refractivity contribution in [1.82, 2.24) is 9.80 Å². The maximum Gasteiger partial charge on any atom is 0.282 e. The predicted molar refractivity (Wildman–Crippen MR) is 122 cm³/mol. The van der Waals surface area contributed by atoms with Crippen molar-refractivity contribution in [3.8, 4) is 0 Å². The Morgan fingerprint density at radius 2 is 1.66 bits per heavy atom. The van der Waals surface area contributed by atoms with Crippen LogP contribution in [-0.2, 0) is 9.59 Å². The van der Waals surface area contributed by atoms with Crippen LogP contribution in [0.5, 0.6) is 0 Å². The highest BCUT2D eigenvalue weighted by Gasteiger charge is 2.43. The second-order valence-corrected chi connectivity index (χ2v) is 8.26. The largest absolute Gasteiger partial charge is 0.364 e. The van der Waals surface area contributed by atoms with Gasteiger partial charge in [-0.25, -0.2) is 4.90 Å². The van der Waals surface area contributed by atoms with Crippen LogP contribution in [0.2, 0.25) is 5.02 Å². The number of carbonyl (C=O) groups is 2. The third-order valence-corrected chi connectivity index (χ3v) is 6.21. The molecule has 2 aliphatic heterocycles. The van der Waals surface area contributed by atoms with Gasteiger partial charge in [0.15, 0.2) is 0 Å². The summed E-state index contributed by atoms with van der Waals surface area (Å²) in [5.41, 5.74) is 2.18. The molecular weight excluding hydrogens is 432 g/mol. The van der Waals surface area contributed by atoms with E-state index in [9.17, 15) is 19.7 Å². The lowest BCUT2D eigenvalue weighted by atomic mass is 10.0. The van der Waals surface area contributed by atoms with Crippen LogP contribution in [0.1, 0.15) is 18.1 Å². The molecule has 1 fully saturated rings. The summed E-state index contributed by atoms with van der Waals surface area (Å²) in [5.74, 6) is -0.860. The highest BCUT2D eigenvalue weighted by atomic mass is 35.5. The van der Waals surface area contributed by atoms with Crippen LogP contribution >= 0.6 is 11.6 Å². The monoisotopic (exact) mass is 454 g/mol. The number of piperazine rings is 1. The van der Waals surface area contributed by atoms with Crippen LogP contribution in [0.3, 0.4) is 0 Å². The number of nitro groups is 1. The number of rotatable bonds is 5. The highest BCUT2D eigenvalue weighted by molar-refractivity contribution is 6.45. The van der Waals surface area contributed by atoms with Gasteiger partial charge in [0.05, 0.1) is 16.2 Å². The van der Waals surface area contributed by atoms with Gasteiger partial charge < -0.3 is 9.80 Å². The molecule has 2 amide bonds. The van der Waals surface area contributed by atoms with Crippen molar-refractivity contribution in [2.24, 2.45) is 0 Å². The third kappa shape index (κ3) is 3.87. The van der Waals surface area contributed by atoms with E-state index in [1.54, 1.807) is 18.2 Å². The molecule has 166 valence electrons. The molecule has 0 N–H and O–H groups in total. The number of amides is 2. The molecule has 0 saturated carbocycles. The molecule has 2 aromatic carbocycles. The lowest BCUT2D eigenvalue weighted by Crippen LogP contribution is -2.47. The van der Waals surface area contributed by atoms with Crippen LogP contribution < -0.4 is 4.90 Å². The zero-order chi connectivity index (χ0) is 23.0. The van der Waals surface area contributed by atoms with Crippen LogP contribution in [0.25, 0.3) is 5.57 Å². The summed E-state index contributed by atoms with van der Waals surface area (Å²) >= 11 is 6.17. The van der Waals surface area contributed by atoms with E-state index in [-0.39, 0.29) is 11.3 Å². The number of imide groups is 1. The second-order valence-electron chi connectivity index (χ2n) is 7.83. The van der Waals surface area contributed by atoms with Crippen molar-refractivity contribution in [1.29, 1.82) is 0 Å². The summed E-state index contributed by atoms with van der Waals surface area (Å²) in [6.07, 6.45) is 0. The first kappa shape index (κ1) is 22.0. The fourth-order valence-electron chi connectivity index (χ4n) is 4.15. The number of non-ortho nitro benzene ring substituents is 1. The molecule has 0 bridgehead atoms. The lowest BCUT2D eigenvalue weighted by Gasteiger charge is -2.36. The Hall–Kier alpha value is -3.23. The van der Waals surface area contributed by atoms with E-state index in [1.807, 2.05) is 11.8 Å². The Labute approximate surface area is 190 Å². The number of carbonyl (C=O) groups excluding carboxylic acids is 2. The molecule has 0 radical (unpaired) electrons. The number of anilines is 1. The molecule has 0 atom stereocenters. The molecular formula is C23H23ClN4O4. The summed E-state index contributed by atoms with van der Waals surface area (Å²) in [4.78, 5) is 43.2. The van der Waals surface area contributed by atoms with Gasteiger partial charge in [-0.05, 0) is 48.9 Å². The Morgan fingerprint density at radius 3 is 2.25 bits per heavy atom. The molecule has 2 heterocycles. The number of benzene rings is 2. The van der Waals surface area contributed by atoms with E-state index in [4.69, 9.17) is 11.6 Å². The van der Waals surface area contributed by atoms with E-state index in [0.717, 1.165) is 25.2 Å². The minimum absolute atomic E-state index is 0.0771. The number of nitrogens with zero attached hydrogens (tertiary/aromatic N) is 4. The third-order valence-electron chi connectivity index (χ3n) is 5.97. The van der Waals surface area contributed by atoms with E-state index < -0.39 is 16.7 Å². The first-order valence-electron chi connectivity index (χ1n) is 10.4. The fourth-order valence-corrected chi connectivity index (χ4v) is 4.32. The normalized spacial score (nSPS) is 17.5.